The summed E-state index contributed by atoms with van der Waals surface area (Å²) < 4.78 is 64.2. The van der Waals surface area contributed by atoms with Crippen LogP contribution in [0.4, 0.5) is 26.3 Å². The highest BCUT2D eigenvalue weighted by Gasteiger charge is 2.31. The quantitative estimate of drug-likeness (QED) is 0.607. The second-order valence-corrected chi connectivity index (χ2v) is 1.96. The molecule has 0 saturated carbocycles. The molecule has 1 nitrogen and oxygen atoms in total. The molecule has 0 spiro atoms. The van der Waals surface area contributed by atoms with E-state index < -0.39 is 18.5 Å². The van der Waals surface area contributed by atoms with Gasteiger partial charge in [-0.3, -0.25) is 4.98 Å². The fourth-order valence-corrected chi connectivity index (χ4v) is 0.530. The topological polar surface area (TPSA) is 12.9 Å². The van der Waals surface area contributed by atoms with Crippen LogP contribution in [0.5, 0.6) is 0 Å². The SMILES string of the molecule is FC(F)(F)c1ccccn1.FC(F)F. The first-order chi connectivity index (χ1) is 6.34. The van der Waals surface area contributed by atoms with Crippen molar-refractivity contribution in [2.75, 3.05) is 0 Å². The molecule has 1 aromatic heterocycles. The molecule has 1 heterocycles. The van der Waals surface area contributed by atoms with Gasteiger partial charge in [0.1, 0.15) is 5.69 Å². The van der Waals surface area contributed by atoms with Crippen LogP contribution in [-0.2, 0) is 6.18 Å². The highest BCUT2D eigenvalue weighted by molar-refractivity contribution is 5.06. The number of aromatic nitrogens is 1. The summed E-state index contributed by atoms with van der Waals surface area (Å²) in [6.45, 7) is -3.67. The minimum atomic E-state index is -4.32. The van der Waals surface area contributed by atoms with Gasteiger partial charge >= 0.3 is 12.9 Å². The van der Waals surface area contributed by atoms with Crippen LogP contribution in [-0.4, -0.2) is 11.7 Å². The van der Waals surface area contributed by atoms with Crippen molar-refractivity contribution >= 4 is 0 Å². The van der Waals surface area contributed by atoms with E-state index >= 15 is 0 Å². The van der Waals surface area contributed by atoms with Gasteiger partial charge in [0.25, 0.3) is 0 Å². The summed E-state index contributed by atoms with van der Waals surface area (Å²) in [5, 5.41) is 0. The first-order valence-electron chi connectivity index (χ1n) is 3.24. The molecule has 14 heavy (non-hydrogen) atoms. The molecule has 0 amide bonds. The van der Waals surface area contributed by atoms with Crippen molar-refractivity contribution in [3.05, 3.63) is 30.1 Å². The Morgan fingerprint density at radius 2 is 1.57 bits per heavy atom. The molecule has 0 aliphatic carbocycles. The summed E-state index contributed by atoms with van der Waals surface area (Å²) in [6.07, 6.45) is -3.20. The highest BCUT2D eigenvalue weighted by atomic mass is 19.4. The fourth-order valence-electron chi connectivity index (χ4n) is 0.530. The third-order valence-corrected chi connectivity index (χ3v) is 0.955. The predicted octanol–water partition coefficient (Wildman–Crippen LogP) is 3.28. The van der Waals surface area contributed by atoms with Crippen LogP contribution in [0.2, 0.25) is 0 Å². The molecule has 0 unspecified atom stereocenters. The van der Waals surface area contributed by atoms with E-state index in [1.165, 1.54) is 12.1 Å². The maximum Gasteiger partial charge on any atom is 0.433 e. The zero-order valence-electron chi connectivity index (χ0n) is 6.60. The molecule has 0 bridgehead atoms. The molecule has 1 aromatic rings. The summed E-state index contributed by atoms with van der Waals surface area (Å²) in [5.74, 6) is 0. The maximum atomic E-state index is 11.7. The molecule has 0 radical (unpaired) electrons. The molecule has 80 valence electrons. The van der Waals surface area contributed by atoms with E-state index in [0.717, 1.165) is 12.3 Å². The number of halogens is 6. The van der Waals surface area contributed by atoms with Crippen LogP contribution in [0, 0.1) is 0 Å². The van der Waals surface area contributed by atoms with E-state index in [0.29, 0.717) is 0 Å². The van der Waals surface area contributed by atoms with Crippen LogP contribution in [0.1, 0.15) is 5.69 Å². The largest absolute Gasteiger partial charge is 0.433 e. The Hall–Kier alpha value is -1.27. The van der Waals surface area contributed by atoms with Gasteiger partial charge in [-0.25, -0.2) is 0 Å². The first kappa shape index (κ1) is 12.7. The first-order valence-corrected chi connectivity index (χ1v) is 3.24. The van der Waals surface area contributed by atoms with Crippen molar-refractivity contribution in [1.29, 1.82) is 0 Å². The second-order valence-electron chi connectivity index (χ2n) is 1.96. The average Bonchev–Trinajstić information content (AvgIpc) is 2.03. The van der Waals surface area contributed by atoms with Crippen molar-refractivity contribution in [2.45, 2.75) is 12.9 Å². The van der Waals surface area contributed by atoms with E-state index in [4.69, 9.17) is 0 Å². The Labute approximate surface area is 75.4 Å². The summed E-state index contributed by atoms with van der Waals surface area (Å²) in [5.41, 5.74) is -0.852. The number of alkyl halides is 6. The molecular weight excluding hydrogens is 212 g/mol. The Morgan fingerprint density at radius 1 is 1.07 bits per heavy atom. The van der Waals surface area contributed by atoms with Crippen LogP contribution in [0.3, 0.4) is 0 Å². The average molecular weight is 217 g/mol. The van der Waals surface area contributed by atoms with Crippen LogP contribution < -0.4 is 0 Å². The van der Waals surface area contributed by atoms with E-state index in [2.05, 4.69) is 4.98 Å². The van der Waals surface area contributed by atoms with Crippen LogP contribution in [0.25, 0.3) is 0 Å². The van der Waals surface area contributed by atoms with E-state index in [-0.39, 0.29) is 0 Å². The number of nitrogens with zero attached hydrogens (tertiary/aromatic N) is 1. The van der Waals surface area contributed by atoms with Crippen LogP contribution >= 0.6 is 0 Å². The smallest absolute Gasteiger partial charge is 0.252 e. The molecule has 0 fully saturated rings. The lowest BCUT2D eigenvalue weighted by atomic mass is 10.3. The normalized spacial score (nSPS) is 10.8. The van der Waals surface area contributed by atoms with Gasteiger partial charge < -0.3 is 0 Å². The second kappa shape index (κ2) is 5.46. The predicted molar refractivity (Wildman–Crippen MR) is 36.4 cm³/mol. The molecule has 0 saturated heterocycles. The third-order valence-electron chi connectivity index (χ3n) is 0.955. The van der Waals surface area contributed by atoms with E-state index in [9.17, 15) is 26.3 Å². The van der Waals surface area contributed by atoms with E-state index in [1.807, 2.05) is 0 Å². The van der Waals surface area contributed by atoms with E-state index in [1.54, 1.807) is 0 Å². The Balaban J connectivity index is 0.000000364. The van der Waals surface area contributed by atoms with Crippen molar-refractivity contribution in [3.8, 4) is 0 Å². The Kier molecular flexibility index (Phi) is 4.96. The van der Waals surface area contributed by atoms with Gasteiger partial charge in [-0.1, -0.05) is 6.07 Å². The zero-order valence-corrected chi connectivity index (χ0v) is 6.60. The van der Waals surface area contributed by atoms with Crippen molar-refractivity contribution in [1.82, 2.24) is 4.98 Å². The van der Waals surface area contributed by atoms with Crippen molar-refractivity contribution < 1.29 is 26.3 Å². The molecular formula is C7H5F6N. The number of hydrogen-bond acceptors (Lipinski definition) is 1. The summed E-state index contributed by atoms with van der Waals surface area (Å²) in [7, 11) is 0. The van der Waals surface area contributed by atoms with Gasteiger partial charge in [0, 0.05) is 6.20 Å². The van der Waals surface area contributed by atoms with Gasteiger partial charge in [-0.2, -0.15) is 26.3 Å². The number of hydrogen-bond donors (Lipinski definition) is 0. The van der Waals surface area contributed by atoms with Gasteiger partial charge in [-0.15, -0.1) is 0 Å². The third kappa shape index (κ3) is 6.27. The van der Waals surface area contributed by atoms with Gasteiger partial charge in [0.05, 0.1) is 0 Å². The lowest BCUT2D eigenvalue weighted by molar-refractivity contribution is -0.141. The molecule has 0 N–H and O–H groups in total. The minimum Gasteiger partial charge on any atom is -0.252 e. The fraction of sp³-hybridized carbons (Fsp3) is 0.286. The standard InChI is InChI=1S/C6H4F3N.CHF3/c7-6(8,9)5-3-1-2-4-10-5;2-1(3)4/h1-4H;1H. The molecule has 0 aromatic carbocycles. The van der Waals surface area contributed by atoms with Crippen molar-refractivity contribution in [3.63, 3.8) is 0 Å². The summed E-state index contributed by atoms with van der Waals surface area (Å²) >= 11 is 0. The Bertz CT molecular complexity index is 241. The zero-order chi connectivity index (χ0) is 11.2. The minimum absolute atomic E-state index is 0.852. The van der Waals surface area contributed by atoms with Gasteiger partial charge in [-0.05, 0) is 12.1 Å². The number of rotatable bonds is 0. The maximum absolute atomic E-state index is 11.7. The van der Waals surface area contributed by atoms with Crippen LogP contribution in [0.15, 0.2) is 24.4 Å². The number of pyridine rings is 1. The summed E-state index contributed by atoms with van der Waals surface area (Å²) in [6, 6.07) is 3.67. The Morgan fingerprint density at radius 3 is 1.79 bits per heavy atom. The molecule has 0 atom stereocenters. The monoisotopic (exact) mass is 217 g/mol. The lowest BCUT2D eigenvalue weighted by Crippen LogP contribution is -2.06. The lowest BCUT2D eigenvalue weighted by Gasteiger charge is -2.02. The summed E-state index contributed by atoms with van der Waals surface area (Å²) in [4.78, 5) is 3.12. The molecule has 0 aliphatic heterocycles. The van der Waals surface area contributed by atoms with Crippen molar-refractivity contribution in [2.24, 2.45) is 0 Å². The highest BCUT2D eigenvalue weighted by Crippen LogP contribution is 2.26. The molecule has 1 rings (SSSR count). The molecule has 7 heteroatoms. The van der Waals surface area contributed by atoms with Gasteiger partial charge in [0.2, 0.25) is 0 Å². The van der Waals surface area contributed by atoms with Gasteiger partial charge in [0.15, 0.2) is 0 Å². The molecule has 0 aliphatic rings.